The predicted molar refractivity (Wildman–Crippen MR) is 143 cm³/mol. The second-order valence-electron chi connectivity index (χ2n) is 9.77. The van der Waals surface area contributed by atoms with Crippen LogP contribution in [0.3, 0.4) is 0 Å². The van der Waals surface area contributed by atoms with Crippen LogP contribution in [0.1, 0.15) is 32.3 Å². The zero-order valence-corrected chi connectivity index (χ0v) is 22.0. The number of para-hydroxylation sites is 1. The first-order chi connectivity index (χ1) is 17.4. The average molecular weight is 505 g/mol. The molecule has 2 aliphatic heterocycles. The molecule has 0 spiro atoms. The molecule has 0 radical (unpaired) electrons. The highest BCUT2D eigenvalue weighted by Crippen LogP contribution is 2.46. The minimum absolute atomic E-state index is 0.0559. The molecule has 1 fully saturated rings. The number of likely N-dealkylation sites (N-methyl/N-ethyl adjacent to an activating group) is 1. The van der Waals surface area contributed by atoms with Gasteiger partial charge in [-0.3, -0.25) is 9.36 Å². The minimum Gasteiger partial charge on any atom is -0.497 e. The van der Waals surface area contributed by atoms with Gasteiger partial charge in [0.2, 0.25) is 0 Å². The molecule has 0 aliphatic carbocycles. The summed E-state index contributed by atoms with van der Waals surface area (Å²) in [6, 6.07) is 16.1. The molecule has 8 heteroatoms. The number of nitrogens with zero attached hydrogens (tertiary/aromatic N) is 4. The van der Waals surface area contributed by atoms with Gasteiger partial charge in [0.15, 0.2) is 16.8 Å². The number of allylic oxidation sites excluding steroid dienone is 2. The molecule has 36 heavy (non-hydrogen) atoms. The first kappa shape index (κ1) is 24.6. The lowest BCUT2D eigenvalue weighted by Gasteiger charge is -2.23. The second-order valence-corrected chi connectivity index (χ2v) is 10.7. The summed E-state index contributed by atoms with van der Waals surface area (Å²) < 4.78 is 13.3. The number of rotatable bonds is 8. The van der Waals surface area contributed by atoms with E-state index in [1.165, 1.54) is 17.3 Å². The molecule has 0 N–H and O–H groups in total. The number of aromatic nitrogens is 3. The summed E-state index contributed by atoms with van der Waals surface area (Å²) in [6.07, 6.45) is 3.99. The lowest BCUT2D eigenvalue weighted by atomic mass is 9.83. The maximum atomic E-state index is 13.1. The number of ketones is 1. The average Bonchev–Trinajstić information content (AvgIpc) is 3.59. The van der Waals surface area contributed by atoms with Gasteiger partial charge in [0, 0.05) is 42.1 Å². The molecule has 5 rings (SSSR count). The summed E-state index contributed by atoms with van der Waals surface area (Å²) in [5.41, 5.74) is 4.12. The molecule has 2 aliphatic rings. The van der Waals surface area contributed by atoms with E-state index in [2.05, 4.69) is 51.7 Å². The van der Waals surface area contributed by atoms with Crippen molar-refractivity contribution in [3.63, 3.8) is 0 Å². The van der Waals surface area contributed by atoms with Gasteiger partial charge in [0.05, 0.1) is 25.5 Å². The first-order valence-electron chi connectivity index (χ1n) is 12.3. The number of anilines is 1. The van der Waals surface area contributed by atoms with Crippen molar-refractivity contribution in [2.75, 3.05) is 31.4 Å². The highest BCUT2D eigenvalue weighted by Gasteiger charge is 2.38. The molecule has 0 saturated carbocycles. The number of fused-ring (bicyclic) bond motifs is 1. The number of thioether (sulfide) groups is 1. The van der Waals surface area contributed by atoms with Gasteiger partial charge in [-0.25, -0.2) is 0 Å². The number of methoxy groups -OCH3 is 1. The van der Waals surface area contributed by atoms with E-state index in [1.807, 2.05) is 37.4 Å². The quantitative estimate of drug-likeness (QED) is 0.312. The van der Waals surface area contributed by atoms with Gasteiger partial charge in [-0.1, -0.05) is 43.8 Å². The van der Waals surface area contributed by atoms with E-state index in [1.54, 1.807) is 13.2 Å². The summed E-state index contributed by atoms with van der Waals surface area (Å²) in [6.45, 7) is 5.78. The number of ether oxygens (including phenoxy) is 2. The largest absolute Gasteiger partial charge is 0.497 e. The lowest BCUT2D eigenvalue weighted by molar-refractivity contribution is -0.112. The Kier molecular flexibility index (Phi) is 6.90. The molecule has 1 saturated heterocycles. The van der Waals surface area contributed by atoms with Gasteiger partial charge in [0.25, 0.3) is 0 Å². The van der Waals surface area contributed by atoms with Crippen molar-refractivity contribution in [3.8, 4) is 17.1 Å². The fourth-order valence-corrected chi connectivity index (χ4v) is 5.86. The topological polar surface area (TPSA) is 69.5 Å². The lowest BCUT2D eigenvalue weighted by Crippen LogP contribution is -2.24. The van der Waals surface area contributed by atoms with Crippen LogP contribution in [0.5, 0.6) is 5.75 Å². The van der Waals surface area contributed by atoms with Crippen LogP contribution in [0.4, 0.5) is 5.69 Å². The van der Waals surface area contributed by atoms with E-state index in [-0.39, 0.29) is 23.1 Å². The Morgan fingerprint density at radius 1 is 1.19 bits per heavy atom. The summed E-state index contributed by atoms with van der Waals surface area (Å²) in [4.78, 5) is 15.3. The molecule has 3 heterocycles. The van der Waals surface area contributed by atoms with E-state index in [0.717, 1.165) is 53.1 Å². The SMILES string of the molecule is COc1ccc(-c2nnc(SCC(=O)/C=C3/N(C)c4ccccc4C3(C)C)n2C[C@H]2CCCO2)cc1. The predicted octanol–water partition coefficient (Wildman–Crippen LogP) is 5.11. The summed E-state index contributed by atoms with van der Waals surface area (Å²) >= 11 is 1.43. The first-order valence-corrected chi connectivity index (χ1v) is 13.3. The van der Waals surface area contributed by atoms with Gasteiger partial charge in [-0.15, -0.1) is 10.2 Å². The van der Waals surface area contributed by atoms with E-state index in [9.17, 15) is 4.79 Å². The van der Waals surface area contributed by atoms with Crippen molar-refractivity contribution in [1.82, 2.24) is 14.8 Å². The number of hydrogen-bond donors (Lipinski definition) is 0. The molecule has 3 aromatic rings. The summed E-state index contributed by atoms with van der Waals surface area (Å²) in [7, 11) is 3.68. The third-order valence-corrected chi connectivity index (χ3v) is 8.05. The van der Waals surface area contributed by atoms with Crippen LogP contribution in [0.2, 0.25) is 0 Å². The Morgan fingerprint density at radius 2 is 1.97 bits per heavy atom. The Bertz CT molecular complexity index is 1280. The highest BCUT2D eigenvalue weighted by molar-refractivity contribution is 7.99. The van der Waals surface area contributed by atoms with Crippen LogP contribution in [-0.2, 0) is 21.5 Å². The monoisotopic (exact) mass is 504 g/mol. The van der Waals surface area contributed by atoms with E-state index in [4.69, 9.17) is 9.47 Å². The molecule has 0 amide bonds. The minimum atomic E-state index is -0.229. The van der Waals surface area contributed by atoms with Crippen LogP contribution < -0.4 is 9.64 Å². The van der Waals surface area contributed by atoms with E-state index >= 15 is 0 Å². The third kappa shape index (κ3) is 4.67. The van der Waals surface area contributed by atoms with Crippen molar-refractivity contribution in [2.24, 2.45) is 0 Å². The molecular weight excluding hydrogens is 472 g/mol. The van der Waals surface area contributed by atoms with Gasteiger partial charge in [0.1, 0.15) is 5.75 Å². The van der Waals surface area contributed by atoms with Crippen molar-refractivity contribution < 1.29 is 14.3 Å². The summed E-state index contributed by atoms with van der Waals surface area (Å²) in [5.74, 6) is 1.91. The number of hydrogen-bond acceptors (Lipinski definition) is 7. The Hall–Kier alpha value is -3.10. The maximum Gasteiger partial charge on any atom is 0.192 e. The Labute approximate surface area is 216 Å². The Morgan fingerprint density at radius 3 is 2.67 bits per heavy atom. The molecule has 7 nitrogen and oxygen atoms in total. The van der Waals surface area contributed by atoms with Gasteiger partial charge in [-0.2, -0.15) is 0 Å². The maximum absolute atomic E-state index is 13.1. The van der Waals surface area contributed by atoms with E-state index < -0.39 is 0 Å². The van der Waals surface area contributed by atoms with Crippen molar-refractivity contribution in [2.45, 2.75) is 49.9 Å². The van der Waals surface area contributed by atoms with Gasteiger partial charge in [-0.05, 0) is 48.7 Å². The number of carbonyl (C=O) groups is 1. The van der Waals surface area contributed by atoms with Crippen LogP contribution in [-0.4, -0.2) is 53.2 Å². The van der Waals surface area contributed by atoms with Crippen LogP contribution in [0, 0.1) is 0 Å². The second kappa shape index (κ2) is 10.1. The fourth-order valence-electron chi connectivity index (χ4n) is 5.09. The van der Waals surface area contributed by atoms with Crippen molar-refractivity contribution >= 4 is 23.2 Å². The van der Waals surface area contributed by atoms with E-state index in [0.29, 0.717) is 6.54 Å². The zero-order chi connectivity index (χ0) is 25.3. The molecule has 188 valence electrons. The third-order valence-electron chi connectivity index (χ3n) is 7.06. The smallest absolute Gasteiger partial charge is 0.192 e. The van der Waals surface area contributed by atoms with Gasteiger partial charge >= 0.3 is 0 Å². The highest BCUT2D eigenvalue weighted by atomic mass is 32.2. The fraction of sp³-hybridized carbons (Fsp3) is 0.393. The van der Waals surface area contributed by atoms with Crippen LogP contribution >= 0.6 is 11.8 Å². The van der Waals surface area contributed by atoms with Crippen molar-refractivity contribution in [3.05, 3.63) is 65.9 Å². The Balaban J connectivity index is 1.36. The molecule has 1 atom stereocenters. The van der Waals surface area contributed by atoms with Crippen LogP contribution in [0.25, 0.3) is 11.4 Å². The molecular formula is C28H32N4O3S. The number of benzene rings is 2. The molecule has 0 unspecified atom stereocenters. The molecule has 0 bridgehead atoms. The number of carbonyl (C=O) groups excluding carboxylic acids is 1. The zero-order valence-electron chi connectivity index (χ0n) is 21.2. The standard InChI is InChI=1S/C28H32N4O3S/c1-28(2)23-9-5-6-10-24(23)31(3)25(28)16-20(33)18-36-27-30-29-26(19-11-13-21(34-4)14-12-19)32(27)17-22-8-7-15-35-22/h5-6,9-14,16,22H,7-8,15,17-18H2,1-4H3/b25-16+/t22-/m1/s1. The van der Waals surface area contributed by atoms with Crippen molar-refractivity contribution in [1.29, 1.82) is 0 Å². The molecule has 2 aromatic carbocycles. The normalized spacial score (nSPS) is 19.6. The van der Waals surface area contributed by atoms with Crippen LogP contribution in [0.15, 0.2) is 65.5 Å². The summed E-state index contributed by atoms with van der Waals surface area (Å²) in [5, 5.41) is 9.68. The molecule has 1 aromatic heterocycles. The van der Waals surface area contributed by atoms with Gasteiger partial charge < -0.3 is 14.4 Å².